The topological polar surface area (TPSA) is 22.3 Å². The highest BCUT2D eigenvalue weighted by atomic mass is 15.3. The third kappa shape index (κ3) is 2.10. The highest BCUT2D eigenvalue weighted by Crippen LogP contribution is 2.22. The fourth-order valence-electron chi connectivity index (χ4n) is 2.73. The molecule has 1 saturated heterocycles. The Hall–Kier alpha value is -1.48. The van der Waals surface area contributed by atoms with Gasteiger partial charge in [0, 0.05) is 55.0 Å². The number of benzene rings is 1. The zero-order chi connectivity index (χ0) is 12.5. The van der Waals surface area contributed by atoms with Crippen LogP contribution in [-0.2, 0) is 0 Å². The van der Waals surface area contributed by atoms with Gasteiger partial charge in [-0.1, -0.05) is 0 Å². The molecule has 3 nitrogen and oxygen atoms in total. The number of piperazine rings is 1. The third-order valence-corrected chi connectivity index (χ3v) is 3.95. The van der Waals surface area contributed by atoms with Crippen molar-refractivity contribution in [2.24, 2.45) is 0 Å². The van der Waals surface area contributed by atoms with Crippen LogP contribution in [0.5, 0.6) is 0 Å². The maximum Gasteiger partial charge on any atom is 0.0455 e. The first kappa shape index (κ1) is 11.6. The number of hydrogen-bond acceptors (Lipinski definition) is 2. The van der Waals surface area contributed by atoms with Gasteiger partial charge in [0.05, 0.1) is 0 Å². The van der Waals surface area contributed by atoms with Gasteiger partial charge < -0.3 is 9.88 Å². The van der Waals surface area contributed by atoms with E-state index in [1.807, 2.05) is 6.20 Å². The van der Waals surface area contributed by atoms with E-state index in [1.165, 1.54) is 29.7 Å². The molecule has 18 heavy (non-hydrogen) atoms. The lowest BCUT2D eigenvalue weighted by molar-refractivity contribution is 0.209. The number of nitrogens with one attached hydrogen (secondary N) is 1. The van der Waals surface area contributed by atoms with Crippen molar-refractivity contribution < 1.29 is 0 Å². The molecule has 1 aliphatic heterocycles. The fourth-order valence-corrected chi connectivity index (χ4v) is 2.73. The van der Waals surface area contributed by atoms with Crippen molar-refractivity contribution in [1.82, 2.24) is 9.88 Å². The summed E-state index contributed by atoms with van der Waals surface area (Å²) in [7, 11) is 0. The second kappa shape index (κ2) is 4.65. The Morgan fingerprint density at radius 1 is 1.06 bits per heavy atom. The van der Waals surface area contributed by atoms with E-state index in [0.717, 1.165) is 13.1 Å². The second-order valence-electron chi connectivity index (χ2n) is 5.37. The Kier molecular flexibility index (Phi) is 3.00. The minimum atomic E-state index is 0.666. The van der Waals surface area contributed by atoms with Crippen LogP contribution < -0.4 is 4.90 Å². The molecule has 0 amide bonds. The summed E-state index contributed by atoms with van der Waals surface area (Å²) < 4.78 is 0. The van der Waals surface area contributed by atoms with Gasteiger partial charge in [0.25, 0.3) is 0 Å². The van der Waals surface area contributed by atoms with Crippen LogP contribution in [-0.4, -0.2) is 42.1 Å². The first-order valence-electron chi connectivity index (χ1n) is 6.80. The Balaban J connectivity index is 1.75. The molecule has 1 N–H and O–H groups in total. The van der Waals surface area contributed by atoms with E-state index in [-0.39, 0.29) is 0 Å². The number of aromatic nitrogens is 1. The van der Waals surface area contributed by atoms with E-state index >= 15 is 0 Å². The van der Waals surface area contributed by atoms with Gasteiger partial charge in [0.15, 0.2) is 0 Å². The van der Waals surface area contributed by atoms with Crippen molar-refractivity contribution in [3.05, 3.63) is 30.5 Å². The lowest BCUT2D eigenvalue weighted by Gasteiger charge is -2.38. The average Bonchev–Trinajstić information content (AvgIpc) is 2.86. The minimum Gasteiger partial charge on any atom is -0.369 e. The number of anilines is 1. The molecule has 0 aliphatic carbocycles. The maximum absolute atomic E-state index is 3.24. The molecule has 3 rings (SSSR count). The molecule has 0 spiro atoms. The van der Waals surface area contributed by atoms with E-state index in [1.54, 1.807) is 0 Å². The van der Waals surface area contributed by atoms with Crippen LogP contribution in [0.3, 0.4) is 0 Å². The Bertz CT molecular complexity index is 521. The Morgan fingerprint density at radius 2 is 1.83 bits per heavy atom. The fraction of sp³-hybridized carbons (Fsp3) is 0.467. The molecule has 0 unspecified atom stereocenters. The molecule has 0 radical (unpaired) electrons. The molecule has 2 heterocycles. The molecule has 3 heteroatoms. The van der Waals surface area contributed by atoms with Gasteiger partial charge in [-0.15, -0.1) is 0 Å². The van der Waals surface area contributed by atoms with Gasteiger partial charge in [-0.05, 0) is 38.1 Å². The predicted octanol–water partition coefficient (Wildman–Crippen LogP) is 2.70. The summed E-state index contributed by atoms with van der Waals surface area (Å²) in [6.45, 7) is 9.16. The van der Waals surface area contributed by atoms with Gasteiger partial charge in [-0.2, -0.15) is 0 Å². The predicted molar refractivity (Wildman–Crippen MR) is 77.2 cm³/mol. The normalized spacial score (nSPS) is 17.8. The summed E-state index contributed by atoms with van der Waals surface area (Å²) in [6, 6.07) is 9.50. The summed E-state index contributed by atoms with van der Waals surface area (Å²) in [4.78, 5) is 8.28. The zero-order valence-corrected chi connectivity index (χ0v) is 11.2. The van der Waals surface area contributed by atoms with E-state index in [4.69, 9.17) is 0 Å². The molecule has 0 atom stereocenters. The van der Waals surface area contributed by atoms with Crippen molar-refractivity contribution in [2.45, 2.75) is 19.9 Å². The third-order valence-electron chi connectivity index (χ3n) is 3.95. The highest BCUT2D eigenvalue weighted by Gasteiger charge is 2.18. The zero-order valence-electron chi connectivity index (χ0n) is 11.2. The van der Waals surface area contributed by atoms with E-state index in [2.05, 4.69) is 52.9 Å². The molecule has 96 valence electrons. The van der Waals surface area contributed by atoms with Gasteiger partial charge >= 0.3 is 0 Å². The number of rotatable bonds is 2. The number of nitrogens with zero attached hydrogens (tertiary/aromatic N) is 2. The summed E-state index contributed by atoms with van der Waals surface area (Å²) in [6.07, 6.45) is 2.01. The smallest absolute Gasteiger partial charge is 0.0455 e. The number of aromatic amines is 1. The summed E-state index contributed by atoms with van der Waals surface area (Å²) in [5.74, 6) is 0. The number of hydrogen-bond donors (Lipinski definition) is 1. The lowest BCUT2D eigenvalue weighted by Crippen LogP contribution is -2.48. The largest absolute Gasteiger partial charge is 0.369 e. The molecular weight excluding hydrogens is 222 g/mol. The SMILES string of the molecule is CC(C)N1CCN(c2ccc3[nH]ccc3c2)CC1. The van der Waals surface area contributed by atoms with Crippen LogP contribution in [0.15, 0.2) is 30.5 Å². The van der Waals surface area contributed by atoms with Crippen molar-refractivity contribution in [2.75, 3.05) is 31.1 Å². The monoisotopic (exact) mass is 243 g/mol. The van der Waals surface area contributed by atoms with E-state index < -0.39 is 0 Å². The Labute approximate surface area is 108 Å². The molecule has 1 aromatic carbocycles. The first-order valence-corrected chi connectivity index (χ1v) is 6.80. The lowest BCUT2D eigenvalue weighted by atomic mass is 10.2. The molecular formula is C15H21N3. The summed E-state index contributed by atoms with van der Waals surface area (Å²) in [5.41, 5.74) is 2.57. The molecule has 0 bridgehead atoms. The average molecular weight is 243 g/mol. The second-order valence-corrected chi connectivity index (χ2v) is 5.37. The molecule has 1 aliphatic rings. The van der Waals surface area contributed by atoms with Crippen LogP contribution in [0.4, 0.5) is 5.69 Å². The minimum absolute atomic E-state index is 0.666. The van der Waals surface area contributed by atoms with Gasteiger partial charge in [-0.3, -0.25) is 4.90 Å². The quantitative estimate of drug-likeness (QED) is 0.876. The van der Waals surface area contributed by atoms with E-state index in [9.17, 15) is 0 Å². The van der Waals surface area contributed by atoms with E-state index in [0.29, 0.717) is 6.04 Å². The van der Waals surface area contributed by atoms with Gasteiger partial charge in [-0.25, -0.2) is 0 Å². The molecule has 2 aromatic rings. The summed E-state index contributed by atoms with van der Waals surface area (Å²) in [5, 5.41) is 1.30. The standard InChI is InChI=1S/C15H21N3/c1-12(2)17-7-9-18(10-8-17)14-3-4-15-13(11-14)5-6-16-15/h3-6,11-12,16H,7-10H2,1-2H3. The number of H-pyrrole nitrogens is 1. The summed E-state index contributed by atoms with van der Waals surface area (Å²) >= 11 is 0. The van der Waals surface area contributed by atoms with Crippen molar-refractivity contribution in [3.63, 3.8) is 0 Å². The molecule has 1 fully saturated rings. The van der Waals surface area contributed by atoms with Crippen LogP contribution in [0, 0.1) is 0 Å². The molecule has 1 aromatic heterocycles. The van der Waals surface area contributed by atoms with Crippen LogP contribution in [0.1, 0.15) is 13.8 Å². The van der Waals surface area contributed by atoms with Crippen LogP contribution in [0.25, 0.3) is 10.9 Å². The molecule has 0 saturated carbocycles. The van der Waals surface area contributed by atoms with Crippen molar-refractivity contribution >= 4 is 16.6 Å². The van der Waals surface area contributed by atoms with Crippen molar-refractivity contribution in [1.29, 1.82) is 0 Å². The van der Waals surface area contributed by atoms with Crippen LogP contribution >= 0.6 is 0 Å². The van der Waals surface area contributed by atoms with Gasteiger partial charge in [0.2, 0.25) is 0 Å². The van der Waals surface area contributed by atoms with Crippen molar-refractivity contribution in [3.8, 4) is 0 Å². The Morgan fingerprint density at radius 3 is 2.56 bits per heavy atom. The van der Waals surface area contributed by atoms with Gasteiger partial charge in [0.1, 0.15) is 0 Å². The maximum atomic E-state index is 3.24. The number of fused-ring (bicyclic) bond motifs is 1. The highest BCUT2D eigenvalue weighted by molar-refractivity contribution is 5.83. The first-order chi connectivity index (χ1) is 8.74. The van der Waals surface area contributed by atoms with Crippen LogP contribution in [0.2, 0.25) is 0 Å².